The Morgan fingerprint density at radius 3 is 2.75 bits per heavy atom. The van der Waals surface area contributed by atoms with E-state index in [4.69, 9.17) is 0 Å². The van der Waals surface area contributed by atoms with Crippen LogP contribution in [-0.2, 0) is 0 Å². The van der Waals surface area contributed by atoms with Crippen molar-refractivity contribution in [3.63, 3.8) is 0 Å². The molecule has 0 aliphatic carbocycles. The van der Waals surface area contributed by atoms with Crippen molar-refractivity contribution in [3.05, 3.63) is 51.8 Å². The number of aliphatic hydroxyl groups excluding tert-OH is 1. The number of benzene rings is 2. The number of rotatable bonds is 6. The molecular weight excluding hydrogens is 418 g/mol. The zero-order valence-electron chi connectivity index (χ0n) is 16.0. The maximum atomic E-state index is 10.6. The van der Waals surface area contributed by atoms with Crippen molar-refractivity contribution in [1.29, 1.82) is 0 Å². The summed E-state index contributed by atoms with van der Waals surface area (Å²) in [6, 6.07) is 9.46. The molecule has 0 aliphatic heterocycles. The number of hydrogen-bond acceptors (Lipinski definition) is 6. The number of aliphatic imine (C=N–C) groups is 1. The van der Waals surface area contributed by atoms with Crippen molar-refractivity contribution in [2.45, 2.75) is 13.8 Å². The topological polar surface area (TPSA) is 82.4 Å². The molecule has 0 saturated heterocycles. The van der Waals surface area contributed by atoms with Gasteiger partial charge in [-0.1, -0.05) is 0 Å². The van der Waals surface area contributed by atoms with Gasteiger partial charge >= 0.3 is 0 Å². The van der Waals surface area contributed by atoms with Gasteiger partial charge in [-0.15, -0.1) is 0 Å². The Labute approximate surface area is 172 Å². The maximum Gasteiger partial charge on any atom is 0.158 e. The third-order valence-electron chi connectivity index (χ3n) is 4.26. The normalized spacial score (nSPS) is 11.5. The molecule has 0 saturated carbocycles. The predicted molar refractivity (Wildman–Crippen MR) is 122 cm³/mol. The number of aromatic nitrogens is 2. The Kier molecular flexibility index (Phi) is 5.94. The second kappa shape index (κ2) is 8.39. The SMILES string of the molecule is C=Nc1cc(/C(O)=C/c2nc(NCC)c3cc(C)cc(Br)c3n2)ccc1NC. The summed E-state index contributed by atoms with van der Waals surface area (Å²) >= 11 is 3.59. The van der Waals surface area contributed by atoms with Crippen molar-refractivity contribution in [3.8, 4) is 0 Å². The van der Waals surface area contributed by atoms with Gasteiger partial charge in [-0.3, -0.25) is 4.99 Å². The Morgan fingerprint density at radius 2 is 2.07 bits per heavy atom. The summed E-state index contributed by atoms with van der Waals surface area (Å²) in [6.07, 6.45) is 1.55. The minimum absolute atomic E-state index is 0.0533. The lowest BCUT2D eigenvalue weighted by atomic mass is 10.1. The summed E-state index contributed by atoms with van der Waals surface area (Å²) in [5.41, 5.74) is 4.00. The molecule has 0 unspecified atom stereocenters. The number of aliphatic hydroxyl groups is 1. The molecule has 144 valence electrons. The summed E-state index contributed by atoms with van der Waals surface area (Å²) in [5, 5.41) is 17.9. The third-order valence-corrected chi connectivity index (χ3v) is 4.86. The van der Waals surface area contributed by atoms with Crippen molar-refractivity contribution in [2.75, 3.05) is 24.2 Å². The van der Waals surface area contributed by atoms with Crippen LogP contribution in [0.3, 0.4) is 0 Å². The maximum absolute atomic E-state index is 10.6. The molecule has 1 aromatic heterocycles. The third kappa shape index (κ3) is 3.99. The lowest BCUT2D eigenvalue weighted by molar-refractivity contribution is 0.515. The first-order valence-electron chi connectivity index (χ1n) is 8.88. The van der Waals surface area contributed by atoms with Gasteiger partial charge in [0.25, 0.3) is 0 Å². The van der Waals surface area contributed by atoms with Crippen LogP contribution in [0.5, 0.6) is 0 Å². The standard InChI is InChI=1S/C21H22BrN5O/c1-5-25-21-14-8-12(2)9-15(22)20(14)26-19(27-21)11-18(28)13-6-7-16(23-3)17(10-13)24-4/h6-11,23,28H,4-5H2,1-3H3,(H,25,26,27)/b18-11-. The molecule has 6 nitrogen and oxygen atoms in total. The molecule has 3 rings (SSSR count). The highest BCUT2D eigenvalue weighted by Crippen LogP contribution is 2.31. The van der Waals surface area contributed by atoms with Gasteiger partial charge in [-0.2, -0.15) is 0 Å². The zero-order valence-corrected chi connectivity index (χ0v) is 17.6. The molecule has 3 N–H and O–H groups in total. The van der Waals surface area contributed by atoms with E-state index in [0.29, 0.717) is 17.1 Å². The highest BCUT2D eigenvalue weighted by Gasteiger charge is 2.11. The highest BCUT2D eigenvalue weighted by molar-refractivity contribution is 9.10. The van der Waals surface area contributed by atoms with E-state index in [2.05, 4.69) is 48.2 Å². The Hall–Kier alpha value is -2.93. The first-order chi connectivity index (χ1) is 13.5. The monoisotopic (exact) mass is 439 g/mol. The van der Waals surface area contributed by atoms with Gasteiger partial charge in [0.1, 0.15) is 11.6 Å². The number of nitrogens with zero attached hydrogens (tertiary/aromatic N) is 3. The fraction of sp³-hybridized carbons (Fsp3) is 0.190. The lowest BCUT2D eigenvalue weighted by Gasteiger charge is -2.11. The molecule has 0 bridgehead atoms. The van der Waals surface area contributed by atoms with Crippen molar-refractivity contribution in [2.24, 2.45) is 4.99 Å². The Morgan fingerprint density at radius 1 is 1.29 bits per heavy atom. The van der Waals surface area contributed by atoms with Gasteiger partial charge < -0.3 is 15.7 Å². The van der Waals surface area contributed by atoms with Crippen LogP contribution in [0.4, 0.5) is 17.2 Å². The first kappa shape index (κ1) is 19.8. The van der Waals surface area contributed by atoms with Crippen LogP contribution in [0.2, 0.25) is 0 Å². The molecule has 28 heavy (non-hydrogen) atoms. The van der Waals surface area contributed by atoms with Gasteiger partial charge in [-0.25, -0.2) is 9.97 Å². The summed E-state index contributed by atoms with van der Waals surface area (Å²) in [7, 11) is 1.81. The van der Waals surface area contributed by atoms with E-state index in [1.807, 2.05) is 39.1 Å². The summed E-state index contributed by atoms with van der Waals surface area (Å²) in [6.45, 7) is 8.35. The molecule has 2 aromatic carbocycles. The van der Waals surface area contributed by atoms with Crippen LogP contribution < -0.4 is 10.6 Å². The molecule has 1 heterocycles. The van der Waals surface area contributed by atoms with E-state index in [-0.39, 0.29) is 5.76 Å². The summed E-state index contributed by atoms with van der Waals surface area (Å²) < 4.78 is 0.884. The molecule has 0 atom stereocenters. The fourth-order valence-corrected chi connectivity index (χ4v) is 3.61. The number of hydrogen-bond donors (Lipinski definition) is 3. The molecule has 0 spiro atoms. The zero-order chi connectivity index (χ0) is 20.3. The average molecular weight is 440 g/mol. The summed E-state index contributed by atoms with van der Waals surface area (Å²) in [4.78, 5) is 13.2. The number of nitrogens with one attached hydrogen (secondary N) is 2. The van der Waals surface area contributed by atoms with E-state index in [9.17, 15) is 5.11 Å². The predicted octanol–water partition coefficient (Wildman–Crippen LogP) is 5.56. The molecule has 0 amide bonds. The molecule has 0 radical (unpaired) electrons. The van der Waals surface area contributed by atoms with Crippen LogP contribution in [0, 0.1) is 6.92 Å². The molecule has 0 aliphatic rings. The smallest absolute Gasteiger partial charge is 0.158 e. The van der Waals surface area contributed by atoms with E-state index < -0.39 is 0 Å². The van der Waals surface area contributed by atoms with Crippen molar-refractivity contribution in [1.82, 2.24) is 9.97 Å². The van der Waals surface area contributed by atoms with E-state index in [1.165, 1.54) is 0 Å². The van der Waals surface area contributed by atoms with Crippen LogP contribution in [0.15, 0.2) is 39.8 Å². The van der Waals surface area contributed by atoms with Crippen LogP contribution in [-0.4, -0.2) is 35.4 Å². The molecule has 3 aromatic rings. The Balaban J connectivity index is 2.11. The second-order valence-corrected chi connectivity index (χ2v) is 7.13. The quantitative estimate of drug-likeness (QED) is 0.345. The largest absolute Gasteiger partial charge is 0.507 e. The van der Waals surface area contributed by atoms with Gasteiger partial charge in [0, 0.05) is 35.1 Å². The first-order valence-corrected chi connectivity index (χ1v) is 9.67. The number of fused-ring (bicyclic) bond motifs is 1. The van der Waals surface area contributed by atoms with Gasteiger partial charge in [-0.05, 0) is 72.4 Å². The number of halogens is 1. The minimum Gasteiger partial charge on any atom is -0.507 e. The molecule has 0 fully saturated rings. The van der Waals surface area contributed by atoms with E-state index in [1.54, 1.807) is 18.2 Å². The number of anilines is 2. The second-order valence-electron chi connectivity index (χ2n) is 6.27. The van der Waals surface area contributed by atoms with Crippen molar-refractivity contribution >= 4 is 62.6 Å². The van der Waals surface area contributed by atoms with Gasteiger partial charge in [0.15, 0.2) is 5.82 Å². The average Bonchev–Trinajstić information content (AvgIpc) is 2.68. The van der Waals surface area contributed by atoms with Gasteiger partial charge in [0.05, 0.1) is 16.9 Å². The van der Waals surface area contributed by atoms with Crippen LogP contribution >= 0.6 is 15.9 Å². The minimum atomic E-state index is 0.0533. The molecule has 7 heteroatoms. The summed E-state index contributed by atoms with van der Waals surface area (Å²) in [5.74, 6) is 1.20. The van der Waals surface area contributed by atoms with E-state index in [0.717, 1.165) is 39.0 Å². The number of aryl methyl sites for hydroxylation is 1. The fourth-order valence-electron chi connectivity index (χ4n) is 2.95. The van der Waals surface area contributed by atoms with Crippen molar-refractivity contribution < 1.29 is 5.11 Å². The molecular formula is C21H22BrN5O. The van der Waals surface area contributed by atoms with E-state index >= 15 is 0 Å². The lowest BCUT2D eigenvalue weighted by Crippen LogP contribution is -2.04. The van der Waals surface area contributed by atoms with Crippen LogP contribution in [0.25, 0.3) is 22.7 Å². The highest BCUT2D eigenvalue weighted by atomic mass is 79.9. The Bertz CT molecular complexity index is 1080. The van der Waals surface area contributed by atoms with Crippen LogP contribution in [0.1, 0.15) is 23.9 Å². The van der Waals surface area contributed by atoms with Gasteiger partial charge in [0.2, 0.25) is 0 Å².